The van der Waals surface area contributed by atoms with Crippen molar-refractivity contribution >= 4 is 6.21 Å². The van der Waals surface area contributed by atoms with Gasteiger partial charge in [0.1, 0.15) is 5.76 Å². The molecule has 4 nitrogen and oxygen atoms in total. The van der Waals surface area contributed by atoms with Crippen LogP contribution in [0.4, 0.5) is 0 Å². The quantitative estimate of drug-likeness (QED) is 0.653. The molecule has 0 aliphatic carbocycles. The second-order valence-corrected chi connectivity index (χ2v) is 3.52. The summed E-state index contributed by atoms with van der Waals surface area (Å²) < 4.78 is 5.16. The maximum Gasteiger partial charge on any atom is 0.146 e. The summed E-state index contributed by atoms with van der Waals surface area (Å²) in [5.74, 6) is 0.809. The highest BCUT2D eigenvalue weighted by atomic mass is 16.3. The minimum atomic E-state index is 0.809. The molecule has 1 aromatic rings. The van der Waals surface area contributed by atoms with E-state index in [1.807, 2.05) is 12.1 Å². The first kappa shape index (κ1) is 9.27. The van der Waals surface area contributed by atoms with Gasteiger partial charge in [-0.05, 0) is 19.2 Å². The topological polar surface area (TPSA) is 32.0 Å². The number of likely N-dealkylation sites (N-methyl/N-ethyl adjacent to an activating group) is 1. The van der Waals surface area contributed by atoms with Crippen molar-refractivity contribution < 1.29 is 4.42 Å². The van der Waals surface area contributed by atoms with Gasteiger partial charge in [-0.25, -0.2) is 0 Å². The fourth-order valence-corrected chi connectivity index (χ4v) is 1.41. The highest BCUT2D eigenvalue weighted by Gasteiger charge is 2.10. The molecule has 0 atom stereocenters. The second kappa shape index (κ2) is 4.28. The molecule has 4 heteroatoms. The molecule has 0 amide bonds. The molecule has 0 N–H and O–H groups in total. The van der Waals surface area contributed by atoms with Crippen molar-refractivity contribution in [3.05, 3.63) is 24.2 Å². The minimum absolute atomic E-state index is 0.809. The molecule has 14 heavy (non-hydrogen) atoms. The van der Waals surface area contributed by atoms with Crippen molar-refractivity contribution in [2.45, 2.75) is 0 Å². The molecule has 1 aromatic heterocycles. The van der Waals surface area contributed by atoms with Gasteiger partial charge in [0.05, 0.1) is 12.5 Å². The second-order valence-electron chi connectivity index (χ2n) is 3.52. The van der Waals surface area contributed by atoms with Crippen molar-refractivity contribution in [3.8, 4) is 0 Å². The lowest BCUT2D eigenvalue weighted by atomic mass is 10.4. The van der Waals surface area contributed by atoms with E-state index >= 15 is 0 Å². The third kappa shape index (κ3) is 2.35. The maximum atomic E-state index is 5.16. The first-order valence-electron chi connectivity index (χ1n) is 4.85. The number of furan rings is 1. The predicted octanol–water partition coefficient (Wildman–Crippen LogP) is 0.861. The average molecular weight is 193 g/mol. The average Bonchev–Trinajstić information content (AvgIpc) is 2.70. The van der Waals surface area contributed by atoms with Gasteiger partial charge in [0.25, 0.3) is 0 Å². The van der Waals surface area contributed by atoms with Crippen LogP contribution in [0.5, 0.6) is 0 Å². The summed E-state index contributed by atoms with van der Waals surface area (Å²) in [6, 6.07) is 3.77. The van der Waals surface area contributed by atoms with Crippen molar-refractivity contribution in [1.29, 1.82) is 0 Å². The summed E-state index contributed by atoms with van der Waals surface area (Å²) in [5.41, 5.74) is 0. The van der Waals surface area contributed by atoms with Crippen molar-refractivity contribution in [1.82, 2.24) is 9.91 Å². The molecule has 1 fully saturated rings. The van der Waals surface area contributed by atoms with Crippen LogP contribution in [0, 0.1) is 0 Å². The third-order valence-corrected chi connectivity index (χ3v) is 2.37. The largest absolute Gasteiger partial charge is 0.463 e. The highest BCUT2D eigenvalue weighted by Crippen LogP contribution is 2.01. The van der Waals surface area contributed by atoms with Crippen LogP contribution in [0.25, 0.3) is 0 Å². The van der Waals surface area contributed by atoms with Crippen LogP contribution in [0.2, 0.25) is 0 Å². The summed E-state index contributed by atoms with van der Waals surface area (Å²) in [6.45, 7) is 4.15. The van der Waals surface area contributed by atoms with Gasteiger partial charge in [-0.3, -0.25) is 5.01 Å². The lowest BCUT2D eigenvalue weighted by Gasteiger charge is -2.30. The molecular formula is C10H15N3O. The Labute approximate surface area is 83.8 Å². The zero-order valence-corrected chi connectivity index (χ0v) is 8.39. The molecule has 1 aliphatic rings. The molecule has 0 bridgehead atoms. The van der Waals surface area contributed by atoms with E-state index < -0.39 is 0 Å². The van der Waals surface area contributed by atoms with Gasteiger partial charge in [0.15, 0.2) is 0 Å². The third-order valence-electron chi connectivity index (χ3n) is 2.37. The molecule has 0 radical (unpaired) electrons. The van der Waals surface area contributed by atoms with Gasteiger partial charge < -0.3 is 9.32 Å². The molecule has 0 unspecified atom stereocenters. The van der Waals surface area contributed by atoms with Crippen LogP contribution in [-0.4, -0.2) is 49.4 Å². The van der Waals surface area contributed by atoms with Gasteiger partial charge in [-0.1, -0.05) is 0 Å². The molecule has 76 valence electrons. The number of hydrazone groups is 1. The van der Waals surface area contributed by atoms with Gasteiger partial charge in [0, 0.05) is 26.2 Å². The number of hydrogen-bond acceptors (Lipinski definition) is 4. The van der Waals surface area contributed by atoms with E-state index in [0.29, 0.717) is 0 Å². The zero-order chi connectivity index (χ0) is 9.80. The van der Waals surface area contributed by atoms with Gasteiger partial charge in [-0.2, -0.15) is 5.10 Å². The smallest absolute Gasteiger partial charge is 0.146 e. The zero-order valence-electron chi connectivity index (χ0n) is 8.39. The predicted molar refractivity (Wildman–Crippen MR) is 55.4 cm³/mol. The number of piperazine rings is 1. The van der Waals surface area contributed by atoms with Gasteiger partial charge in [0.2, 0.25) is 0 Å². The Hall–Kier alpha value is -1.29. The summed E-state index contributed by atoms with van der Waals surface area (Å²) >= 11 is 0. The van der Waals surface area contributed by atoms with Gasteiger partial charge in [-0.15, -0.1) is 0 Å². The Kier molecular flexibility index (Phi) is 2.84. The standard InChI is InChI=1S/C10H15N3O/c1-12-4-6-13(7-5-12)11-9-10-3-2-8-14-10/h2-3,8-9H,4-7H2,1H3. The molecule has 2 heterocycles. The van der Waals surface area contributed by atoms with E-state index in [-0.39, 0.29) is 0 Å². The van der Waals surface area contributed by atoms with Crippen LogP contribution in [-0.2, 0) is 0 Å². The Bertz CT molecular complexity index is 286. The number of nitrogens with zero attached hydrogens (tertiary/aromatic N) is 3. The van der Waals surface area contributed by atoms with Crippen LogP contribution in [0.3, 0.4) is 0 Å². The molecule has 0 spiro atoms. The summed E-state index contributed by atoms with van der Waals surface area (Å²) in [7, 11) is 2.13. The van der Waals surface area contributed by atoms with E-state index in [1.54, 1.807) is 12.5 Å². The van der Waals surface area contributed by atoms with Crippen LogP contribution < -0.4 is 0 Å². The first-order valence-corrected chi connectivity index (χ1v) is 4.85. The molecule has 0 saturated carbocycles. The van der Waals surface area contributed by atoms with Crippen LogP contribution in [0.15, 0.2) is 27.9 Å². The summed E-state index contributed by atoms with van der Waals surface area (Å²) in [5, 5.41) is 6.42. The van der Waals surface area contributed by atoms with Gasteiger partial charge >= 0.3 is 0 Å². The fourth-order valence-electron chi connectivity index (χ4n) is 1.41. The lowest BCUT2D eigenvalue weighted by molar-refractivity contribution is 0.159. The Morgan fingerprint density at radius 1 is 1.36 bits per heavy atom. The minimum Gasteiger partial charge on any atom is -0.463 e. The maximum absolute atomic E-state index is 5.16. The number of hydrogen-bond donors (Lipinski definition) is 0. The molecule has 0 aromatic carbocycles. The normalized spacial score (nSPS) is 19.4. The first-order chi connectivity index (χ1) is 6.84. The van der Waals surface area contributed by atoms with Crippen molar-refractivity contribution in [2.24, 2.45) is 5.10 Å². The Balaban J connectivity index is 1.86. The number of rotatable bonds is 2. The van der Waals surface area contributed by atoms with E-state index in [0.717, 1.165) is 31.9 Å². The monoisotopic (exact) mass is 193 g/mol. The van der Waals surface area contributed by atoms with E-state index in [1.165, 1.54) is 0 Å². The molecule has 2 rings (SSSR count). The lowest BCUT2D eigenvalue weighted by Crippen LogP contribution is -2.41. The Morgan fingerprint density at radius 2 is 2.14 bits per heavy atom. The van der Waals surface area contributed by atoms with Crippen molar-refractivity contribution in [3.63, 3.8) is 0 Å². The van der Waals surface area contributed by atoms with E-state index in [9.17, 15) is 0 Å². The molecular weight excluding hydrogens is 178 g/mol. The highest BCUT2D eigenvalue weighted by molar-refractivity contribution is 5.75. The molecule has 1 saturated heterocycles. The van der Waals surface area contributed by atoms with Crippen LogP contribution >= 0.6 is 0 Å². The van der Waals surface area contributed by atoms with E-state index in [2.05, 4.69) is 22.1 Å². The van der Waals surface area contributed by atoms with Crippen LogP contribution in [0.1, 0.15) is 5.76 Å². The Morgan fingerprint density at radius 3 is 2.79 bits per heavy atom. The summed E-state index contributed by atoms with van der Waals surface area (Å²) in [4.78, 5) is 2.30. The van der Waals surface area contributed by atoms with Crippen molar-refractivity contribution in [2.75, 3.05) is 33.2 Å². The molecule has 1 aliphatic heterocycles. The SMILES string of the molecule is CN1CCN(N=Cc2ccco2)CC1. The van der Waals surface area contributed by atoms with E-state index in [4.69, 9.17) is 4.42 Å². The summed E-state index contributed by atoms with van der Waals surface area (Å²) in [6.07, 6.45) is 3.43. The fraction of sp³-hybridized carbons (Fsp3) is 0.500.